The molecule has 0 bridgehead atoms. The normalized spacial score (nSPS) is 15.3. The number of likely N-dealkylation sites (N-methyl/N-ethyl adjacent to an activating group) is 2. The van der Waals surface area contributed by atoms with E-state index in [4.69, 9.17) is 0 Å². The molecule has 0 saturated heterocycles. The quantitative estimate of drug-likeness (QED) is 0.736. The van der Waals surface area contributed by atoms with Crippen LogP contribution in [0.4, 0.5) is 0 Å². The summed E-state index contributed by atoms with van der Waals surface area (Å²) in [5.74, 6) is 0.0256. The van der Waals surface area contributed by atoms with Gasteiger partial charge in [-0.2, -0.15) is 0 Å². The zero-order valence-corrected chi connectivity index (χ0v) is 16.7. The minimum Gasteiger partial charge on any atom is -0.339 e. The van der Waals surface area contributed by atoms with E-state index < -0.39 is 0 Å². The molecular weight excluding hydrogens is 342 g/mol. The van der Waals surface area contributed by atoms with E-state index in [0.717, 1.165) is 24.5 Å². The molecule has 0 aliphatic heterocycles. The van der Waals surface area contributed by atoms with E-state index >= 15 is 0 Å². The highest BCUT2D eigenvalue weighted by Crippen LogP contribution is 2.21. The van der Waals surface area contributed by atoms with Gasteiger partial charge in [0.2, 0.25) is 0 Å². The van der Waals surface area contributed by atoms with Gasteiger partial charge < -0.3 is 9.80 Å². The number of hydrogen-bond acceptors (Lipinski definition) is 4. The Balaban J connectivity index is 1.50. The fourth-order valence-electron chi connectivity index (χ4n) is 3.57. The number of thiazole rings is 1. The molecule has 0 N–H and O–H groups in total. The Kier molecular flexibility index (Phi) is 6.80. The number of amides is 1. The maximum Gasteiger partial charge on any atom is 0.273 e. The van der Waals surface area contributed by atoms with Crippen molar-refractivity contribution < 1.29 is 4.79 Å². The van der Waals surface area contributed by atoms with Gasteiger partial charge in [0.05, 0.1) is 5.01 Å². The van der Waals surface area contributed by atoms with E-state index in [2.05, 4.69) is 29.1 Å². The third-order valence-electron chi connectivity index (χ3n) is 5.30. The molecule has 0 spiro atoms. The minimum absolute atomic E-state index is 0.0256. The van der Waals surface area contributed by atoms with Crippen LogP contribution in [0, 0.1) is 0 Å². The van der Waals surface area contributed by atoms with Crippen LogP contribution in [0.25, 0.3) is 0 Å². The molecule has 1 aromatic carbocycles. The van der Waals surface area contributed by atoms with Crippen LogP contribution in [0.3, 0.4) is 0 Å². The van der Waals surface area contributed by atoms with Crippen LogP contribution in [0.15, 0.2) is 35.7 Å². The van der Waals surface area contributed by atoms with Crippen LogP contribution in [-0.2, 0) is 6.42 Å². The second-order valence-corrected chi connectivity index (χ2v) is 8.23. The van der Waals surface area contributed by atoms with Gasteiger partial charge in [0.1, 0.15) is 5.69 Å². The van der Waals surface area contributed by atoms with Crippen molar-refractivity contribution in [1.82, 2.24) is 14.8 Å². The Hall–Kier alpha value is -1.72. The molecule has 0 unspecified atom stereocenters. The summed E-state index contributed by atoms with van der Waals surface area (Å²) in [5.41, 5.74) is 1.80. The zero-order valence-electron chi connectivity index (χ0n) is 15.9. The van der Waals surface area contributed by atoms with Gasteiger partial charge in [-0.05, 0) is 25.5 Å². The fourth-order valence-corrected chi connectivity index (χ4v) is 4.37. The summed E-state index contributed by atoms with van der Waals surface area (Å²) < 4.78 is 0. The van der Waals surface area contributed by atoms with Crippen LogP contribution in [0.1, 0.15) is 53.2 Å². The maximum atomic E-state index is 12.7. The lowest BCUT2D eigenvalue weighted by molar-refractivity contribution is 0.0762. The number of benzene rings is 1. The van der Waals surface area contributed by atoms with Crippen molar-refractivity contribution in [3.05, 3.63) is 52.0 Å². The molecule has 1 saturated carbocycles. The molecule has 4 nitrogen and oxygen atoms in total. The molecular formula is C21H29N3OS. The predicted octanol–water partition coefficient (Wildman–Crippen LogP) is 4.07. The molecule has 5 heteroatoms. The molecule has 26 heavy (non-hydrogen) atoms. The molecule has 1 fully saturated rings. The Labute approximate surface area is 160 Å². The Morgan fingerprint density at radius 2 is 1.85 bits per heavy atom. The van der Waals surface area contributed by atoms with E-state index in [9.17, 15) is 4.79 Å². The van der Waals surface area contributed by atoms with Gasteiger partial charge in [0.15, 0.2) is 0 Å². The van der Waals surface area contributed by atoms with Gasteiger partial charge in [0, 0.05) is 38.0 Å². The Morgan fingerprint density at radius 1 is 1.12 bits per heavy atom. The molecule has 3 rings (SSSR count). The molecule has 0 atom stereocenters. The van der Waals surface area contributed by atoms with Crippen molar-refractivity contribution in [2.75, 3.05) is 27.2 Å². The van der Waals surface area contributed by atoms with Crippen molar-refractivity contribution in [3.8, 4) is 0 Å². The van der Waals surface area contributed by atoms with E-state index in [-0.39, 0.29) is 5.91 Å². The number of aromatic nitrogens is 1. The second kappa shape index (κ2) is 9.28. The molecule has 140 valence electrons. The summed E-state index contributed by atoms with van der Waals surface area (Å²) in [4.78, 5) is 21.4. The first-order chi connectivity index (χ1) is 12.6. The Bertz CT molecular complexity index is 694. The van der Waals surface area contributed by atoms with Crippen LogP contribution in [0.2, 0.25) is 0 Å². The van der Waals surface area contributed by atoms with E-state index in [0.29, 0.717) is 11.7 Å². The summed E-state index contributed by atoms with van der Waals surface area (Å²) in [5, 5.41) is 2.88. The number of nitrogens with zero attached hydrogens (tertiary/aromatic N) is 3. The highest BCUT2D eigenvalue weighted by molar-refractivity contribution is 7.09. The van der Waals surface area contributed by atoms with Crippen molar-refractivity contribution in [1.29, 1.82) is 0 Å². The third kappa shape index (κ3) is 5.15. The van der Waals surface area contributed by atoms with Crippen LogP contribution in [0.5, 0.6) is 0 Å². The van der Waals surface area contributed by atoms with Crippen molar-refractivity contribution in [3.63, 3.8) is 0 Å². The molecule has 1 aromatic heterocycles. The molecule has 1 aliphatic rings. The number of carbonyl (C=O) groups excluding carboxylic acids is 1. The van der Waals surface area contributed by atoms with E-state index in [1.165, 1.54) is 37.7 Å². The van der Waals surface area contributed by atoms with Crippen LogP contribution in [-0.4, -0.2) is 53.9 Å². The molecule has 2 aromatic rings. The van der Waals surface area contributed by atoms with Gasteiger partial charge in [-0.25, -0.2) is 4.98 Å². The largest absolute Gasteiger partial charge is 0.339 e. The Morgan fingerprint density at radius 3 is 2.58 bits per heavy atom. The lowest BCUT2D eigenvalue weighted by Crippen LogP contribution is -2.40. The average molecular weight is 372 g/mol. The number of carbonyl (C=O) groups is 1. The van der Waals surface area contributed by atoms with Crippen LogP contribution >= 0.6 is 11.3 Å². The zero-order chi connectivity index (χ0) is 18.4. The van der Waals surface area contributed by atoms with Gasteiger partial charge in [-0.15, -0.1) is 11.3 Å². The standard InChI is InChI=1S/C21H29N3OS/c1-23(18-11-7-4-8-12-18)13-14-24(2)21(25)19-16-26-20(22-19)15-17-9-5-3-6-10-17/h3,5-6,9-10,16,18H,4,7-8,11-15H2,1-2H3. The van der Waals surface area contributed by atoms with Crippen molar-refractivity contribution in [2.24, 2.45) is 0 Å². The van der Waals surface area contributed by atoms with Gasteiger partial charge in [-0.1, -0.05) is 49.6 Å². The second-order valence-electron chi connectivity index (χ2n) is 7.29. The van der Waals surface area contributed by atoms with Gasteiger partial charge >= 0.3 is 0 Å². The fraction of sp³-hybridized carbons (Fsp3) is 0.524. The lowest BCUT2D eigenvalue weighted by Gasteiger charge is -2.32. The van der Waals surface area contributed by atoms with Crippen LogP contribution < -0.4 is 0 Å². The highest BCUT2D eigenvalue weighted by atomic mass is 32.1. The molecule has 1 amide bonds. The lowest BCUT2D eigenvalue weighted by atomic mass is 9.94. The topological polar surface area (TPSA) is 36.4 Å². The maximum absolute atomic E-state index is 12.7. The summed E-state index contributed by atoms with van der Waals surface area (Å²) in [6, 6.07) is 11.0. The predicted molar refractivity (Wildman–Crippen MR) is 108 cm³/mol. The third-order valence-corrected chi connectivity index (χ3v) is 6.15. The molecule has 1 aliphatic carbocycles. The minimum atomic E-state index is 0.0256. The van der Waals surface area contributed by atoms with Gasteiger partial charge in [0.25, 0.3) is 5.91 Å². The first-order valence-electron chi connectivity index (χ1n) is 9.57. The summed E-state index contributed by atoms with van der Waals surface area (Å²) in [7, 11) is 4.07. The number of rotatable bonds is 7. The molecule has 0 radical (unpaired) electrons. The average Bonchev–Trinajstić information content (AvgIpc) is 3.15. The van der Waals surface area contributed by atoms with E-state index in [1.54, 1.807) is 16.2 Å². The highest BCUT2D eigenvalue weighted by Gasteiger charge is 2.20. The first kappa shape index (κ1) is 19.1. The molecule has 1 heterocycles. The first-order valence-corrected chi connectivity index (χ1v) is 10.5. The summed E-state index contributed by atoms with van der Waals surface area (Å²) in [6.45, 7) is 1.67. The monoisotopic (exact) mass is 371 g/mol. The van der Waals surface area contributed by atoms with Crippen molar-refractivity contribution in [2.45, 2.75) is 44.6 Å². The van der Waals surface area contributed by atoms with Gasteiger partial charge in [-0.3, -0.25) is 4.79 Å². The summed E-state index contributed by atoms with van der Waals surface area (Å²) >= 11 is 1.57. The summed E-state index contributed by atoms with van der Waals surface area (Å²) in [6.07, 6.45) is 7.43. The SMILES string of the molecule is CN(CCN(C)C1CCCCC1)C(=O)c1csc(Cc2ccccc2)n1. The number of hydrogen-bond donors (Lipinski definition) is 0. The van der Waals surface area contributed by atoms with E-state index in [1.807, 2.05) is 30.6 Å². The van der Waals surface area contributed by atoms with Crippen molar-refractivity contribution >= 4 is 17.2 Å². The smallest absolute Gasteiger partial charge is 0.273 e.